The Morgan fingerprint density at radius 1 is 0.933 bits per heavy atom. The molecule has 1 amide bonds. The minimum atomic E-state index is -0.459. The maximum absolute atomic E-state index is 12.4. The van der Waals surface area contributed by atoms with Gasteiger partial charge in [-0.25, -0.2) is 14.8 Å². The summed E-state index contributed by atoms with van der Waals surface area (Å²) in [7, 11) is 0. The second-order valence-electron chi connectivity index (χ2n) is 13.8. The number of aromatic nitrogens is 2. The van der Waals surface area contributed by atoms with Gasteiger partial charge in [-0.1, -0.05) is 37.6 Å². The van der Waals surface area contributed by atoms with Crippen molar-refractivity contribution in [3.8, 4) is 11.8 Å². The number of amides is 1. The number of carbonyl (C=O) groups excluding carboxylic acids is 1. The molecule has 45 heavy (non-hydrogen) atoms. The van der Waals surface area contributed by atoms with Crippen molar-refractivity contribution in [2.24, 2.45) is 11.8 Å². The molecule has 3 heterocycles. The van der Waals surface area contributed by atoms with Gasteiger partial charge in [0.1, 0.15) is 18.0 Å². The molecule has 8 nitrogen and oxygen atoms in total. The largest absolute Gasteiger partial charge is 0.487 e. The van der Waals surface area contributed by atoms with Gasteiger partial charge < -0.3 is 19.3 Å². The molecule has 2 aromatic carbocycles. The molecule has 238 valence electrons. The molecule has 0 radical (unpaired) electrons. The zero-order chi connectivity index (χ0) is 32.2. The first kappa shape index (κ1) is 32.6. The molecule has 0 unspecified atom stereocenters. The van der Waals surface area contributed by atoms with Gasteiger partial charge in [-0.2, -0.15) is 5.26 Å². The molecule has 9 heteroatoms. The second kappa shape index (κ2) is 13.7. The summed E-state index contributed by atoms with van der Waals surface area (Å²) in [6.07, 6.45) is 5.91. The zero-order valence-corrected chi connectivity index (χ0v) is 27.8. The first-order valence-corrected chi connectivity index (χ1v) is 16.3. The summed E-state index contributed by atoms with van der Waals surface area (Å²) >= 11 is 6.28. The van der Waals surface area contributed by atoms with Gasteiger partial charge in [0.15, 0.2) is 0 Å². The normalized spacial score (nSPS) is 16.7. The third-order valence-electron chi connectivity index (χ3n) is 9.09. The van der Waals surface area contributed by atoms with E-state index in [1.54, 1.807) is 6.07 Å². The molecule has 2 fully saturated rings. The van der Waals surface area contributed by atoms with Gasteiger partial charge in [0, 0.05) is 42.8 Å². The fraction of sp³-hybridized carbons (Fsp3) is 0.500. The zero-order valence-electron chi connectivity index (χ0n) is 27.1. The lowest BCUT2D eigenvalue weighted by Crippen LogP contribution is -2.44. The number of anilines is 1. The van der Waals surface area contributed by atoms with Gasteiger partial charge in [0.05, 0.1) is 17.3 Å². The predicted octanol–water partition coefficient (Wildman–Crippen LogP) is 7.77. The number of piperidine rings is 2. The quantitative estimate of drug-likeness (QED) is 0.264. The Hall–Kier alpha value is -3.83. The van der Waals surface area contributed by atoms with Gasteiger partial charge in [0.25, 0.3) is 0 Å². The van der Waals surface area contributed by atoms with Crippen LogP contribution in [0.5, 0.6) is 5.75 Å². The molecule has 0 spiro atoms. The van der Waals surface area contributed by atoms with Crippen LogP contribution in [0.2, 0.25) is 5.02 Å². The lowest BCUT2D eigenvalue weighted by molar-refractivity contribution is 0.0152. The van der Waals surface area contributed by atoms with Crippen LogP contribution in [0.25, 0.3) is 0 Å². The third-order valence-corrected chi connectivity index (χ3v) is 9.31. The van der Waals surface area contributed by atoms with Crippen molar-refractivity contribution in [2.75, 3.05) is 31.1 Å². The molecule has 0 saturated carbocycles. The van der Waals surface area contributed by atoms with E-state index in [4.69, 9.17) is 26.1 Å². The Kier molecular flexibility index (Phi) is 9.88. The molecule has 0 atom stereocenters. The number of benzene rings is 2. The maximum atomic E-state index is 12.4. The Morgan fingerprint density at radius 2 is 1.58 bits per heavy atom. The lowest BCUT2D eigenvalue weighted by Gasteiger charge is -2.40. The number of ether oxygens (including phenoxy) is 2. The highest BCUT2D eigenvalue weighted by molar-refractivity contribution is 6.30. The Labute approximate surface area is 272 Å². The van der Waals surface area contributed by atoms with E-state index < -0.39 is 5.60 Å². The fourth-order valence-corrected chi connectivity index (χ4v) is 6.61. The molecule has 0 N–H and O–H groups in total. The van der Waals surface area contributed by atoms with E-state index in [0.717, 1.165) is 80.4 Å². The first-order valence-electron chi connectivity index (χ1n) is 15.9. The molecular weight excluding hydrogens is 586 g/mol. The summed E-state index contributed by atoms with van der Waals surface area (Å²) in [6, 6.07) is 17.6. The SMILES string of the molecule is CC(C)(C)OC(=O)N1CCC(C2CCN(c3nccc(COc4ccc(C(C)(C)c5cc(Cl)cc(C#N)c5)cc4)n3)CC2)CC1. The van der Waals surface area contributed by atoms with Crippen molar-refractivity contribution in [3.63, 3.8) is 0 Å². The number of rotatable bonds is 7. The average molecular weight is 630 g/mol. The monoisotopic (exact) mass is 629 g/mol. The van der Waals surface area contributed by atoms with Crippen LogP contribution in [0.3, 0.4) is 0 Å². The number of hydrogen-bond acceptors (Lipinski definition) is 7. The van der Waals surface area contributed by atoms with Crippen molar-refractivity contribution in [1.29, 1.82) is 5.26 Å². The van der Waals surface area contributed by atoms with Crippen LogP contribution < -0.4 is 9.64 Å². The van der Waals surface area contributed by atoms with E-state index in [2.05, 4.69) is 41.9 Å². The van der Waals surface area contributed by atoms with E-state index >= 15 is 0 Å². The first-order chi connectivity index (χ1) is 21.4. The molecule has 2 aliphatic heterocycles. The predicted molar refractivity (Wildman–Crippen MR) is 177 cm³/mol. The van der Waals surface area contributed by atoms with E-state index in [0.29, 0.717) is 29.0 Å². The number of likely N-dealkylation sites (tertiary alicyclic amines) is 1. The van der Waals surface area contributed by atoms with Gasteiger partial charge in [0.2, 0.25) is 5.95 Å². The van der Waals surface area contributed by atoms with Gasteiger partial charge in [-0.3, -0.25) is 0 Å². The summed E-state index contributed by atoms with van der Waals surface area (Å²) in [5, 5.41) is 9.92. The van der Waals surface area contributed by atoms with E-state index in [1.807, 2.05) is 62.2 Å². The third kappa shape index (κ3) is 8.26. The highest BCUT2D eigenvalue weighted by Gasteiger charge is 2.33. The van der Waals surface area contributed by atoms with Crippen molar-refractivity contribution >= 4 is 23.6 Å². The summed E-state index contributed by atoms with van der Waals surface area (Å²) in [4.78, 5) is 26.0. The summed E-state index contributed by atoms with van der Waals surface area (Å²) in [5.41, 5.74) is 2.69. The molecule has 5 rings (SSSR count). The van der Waals surface area contributed by atoms with Crippen LogP contribution in [0.1, 0.15) is 82.7 Å². The molecule has 3 aromatic rings. The molecule has 0 bridgehead atoms. The van der Waals surface area contributed by atoms with Gasteiger partial charge in [-0.15, -0.1) is 0 Å². The summed E-state index contributed by atoms with van der Waals surface area (Å²) in [5.74, 6) is 2.82. The van der Waals surface area contributed by atoms with Crippen molar-refractivity contribution < 1.29 is 14.3 Å². The lowest BCUT2D eigenvalue weighted by atomic mass is 9.78. The van der Waals surface area contributed by atoms with Crippen LogP contribution in [0, 0.1) is 23.2 Å². The second-order valence-corrected chi connectivity index (χ2v) is 14.2. The Morgan fingerprint density at radius 3 is 2.20 bits per heavy atom. The number of carbonyl (C=O) groups is 1. The molecular formula is C36H44ClN5O3. The highest BCUT2D eigenvalue weighted by Crippen LogP contribution is 2.35. The van der Waals surface area contributed by atoms with E-state index in [-0.39, 0.29) is 11.5 Å². The maximum Gasteiger partial charge on any atom is 0.410 e. The fourth-order valence-electron chi connectivity index (χ4n) is 6.37. The number of halogens is 1. The van der Waals surface area contributed by atoms with Crippen LogP contribution >= 0.6 is 11.6 Å². The molecule has 2 aliphatic rings. The minimum absolute atomic E-state index is 0.192. The van der Waals surface area contributed by atoms with Crippen LogP contribution in [-0.4, -0.2) is 52.7 Å². The van der Waals surface area contributed by atoms with Crippen molar-refractivity contribution in [2.45, 2.75) is 77.9 Å². The number of nitrogens with zero attached hydrogens (tertiary/aromatic N) is 5. The van der Waals surface area contributed by atoms with Crippen LogP contribution in [-0.2, 0) is 16.8 Å². The van der Waals surface area contributed by atoms with Crippen LogP contribution in [0.15, 0.2) is 54.7 Å². The van der Waals surface area contributed by atoms with E-state index in [9.17, 15) is 10.1 Å². The summed E-state index contributed by atoms with van der Waals surface area (Å²) < 4.78 is 11.7. The summed E-state index contributed by atoms with van der Waals surface area (Å²) in [6.45, 7) is 13.7. The Bertz CT molecular complexity index is 1510. The van der Waals surface area contributed by atoms with Crippen LogP contribution in [0.4, 0.5) is 10.7 Å². The highest BCUT2D eigenvalue weighted by atomic mass is 35.5. The van der Waals surface area contributed by atoms with Gasteiger partial charge >= 0.3 is 6.09 Å². The molecule has 2 saturated heterocycles. The molecule has 1 aromatic heterocycles. The van der Waals surface area contributed by atoms with Gasteiger partial charge in [-0.05, 0) is 106 Å². The number of nitriles is 1. The topological polar surface area (TPSA) is 91.6 Å². The standard InChI is InChI=1S/C36H44ClN5O3/c1-35(2,3)45-34(43)42-18-13-27(14-19-42)26-11-16-41(17-12-26)33-39-15-10-31(40-33)24-44-32-8-6-28(7-9-32)36(4,5)29-20-25(23-38)21-30(37)22-29/h6-10,15,20-22,26-27H,11-14,16-19,24H2,1-5H3. The Balaban J connectivity index is 1.11. The van der Waals surface area contributed by atoms with Crippen molar-refractivity contribution in [1.82, 2.24) is 14.9 Å². The van der Waals surface area contributed by atoms with E-state index in [1.165, 1.54) is 0 Å². The molecule has 0 aliphatic carbocycles. The minimum Gasteiger partial charge on any atom is -0.487 e. The average Bonchev–Trinajstić information content (AvgIpc) is 3.03. The number of hydrogen-bond donors (Lipinski definition) is 0. The van der Waals surface area contributed by atoms with Crippen molar-refractivity contribution in [3.05, 3.63) is 82.1 Å². The smallest absolute Gasteiger partial charge is 0.410 e.